The Bertz CT molecular complexity index is 727. The van der Waals surface area contributed by atoms with Crippen molar-refractivity contribution in [2.75, 3.05) is 26.2 Å². The molecular formula is C18H22N4O3. The maximum Gasteiger partial charge on any atom is 0.264 e. The first-order chi connectivity index (χ1) is 12.2. The fourth-order valence-corrected chi connectivity index (χ4v) is 3.35. The van der Waals surface area contributed by atoms with Crippen LogP contribution in [0, 0.1) is 0 Å². The van der Waals surface area contributed by atoms with Gasteiger partial charge in [0.05, 0.1) is 6.54 Å². The molecule has 1 aromatic heterocycles. The van der Waals surface area contributed by atoms with Crippen molar-refractivity contribution in [3.05, 3.63) is 41.5 Å². The molecule has 1 atom stereocenters. The summed E-state index contributed by atoms with van der Waals surface area (Å²) in [6.07, 6.45) is 1.03. The Kier molecular flexibility index (Phi) is 4.40. The topological polar surface area (TPSA) is 71.7 Å². The predicted octanol–water partition coefficient (Wildman–Crippen LogP) is 1.28. The first-order valence-corrected chi connectivity index (χ1v) is 8.80. The summed E-state index contributed by atoms with van der Waals surface area (Å²) in [6, 6.07) is 7.87. The predicted molar refractivity (Wildman–Crippen MR) is 90.1 cm³/mol. The van der Waals surface area contributed by atoms with Crippen LogP contribution in [-0.4, -0.2) is 58.1 Å². The van der Waals surface area contributed by atoms with E-state index in [0.717, 1.165) is 30.8 Å². The van der Waals surface area contributed by atoms with E-state index in [1.165, 1.54) is 0 Å². The van der Waals surface area contributed by atoms with Crippen molar-refractivity contribution < 1.29 is 14.1 Å². The molecule has 2 aromatic rings. The van der Waals surface area contributed by atoms with Crippen molar-refractivity contribution in [3.8, 4) is 5.75 Å². The summed E-state index contributed by atoms with van der Waals surface area (Å²) >= 11 is 0. The van der Waals surface area contributed by atoms with Crippen LogP contribution in [0.4, 0.5) is 0 Å². The standard InChI is InChI=1S/C18H22N4O3/c1-2-17-19-16(20-25-17)12-21-7-9-22(10-8-21)18(23)15-11-13-5-3-4-6-14(13)24-15/h3-6,15H,2,7-12H2,1H3/t15-/m0/s1. The van der Waals surface area contributed by atoms with Gasteiger partial charge in [0.2, 0.25) is 5.89 Å². The number of piperazine rings is 1. The molecule has 0 N–H and O–H groups in total. The summed E-state index contributed by atoms with van der Waals surface area (Å²) in [4.78, 5) is 21.2. The maximum atomic E-state index is 12.7. The molecule has 0 radical (unpaired) electrons. The lowest BCUT2D eigenvalue weighted by Gasteiger charge is -2.35. The Morgan fingerprint density at radius 2 is 2.04 bits per heavy atom. The van der Waals surface area contributed by atoms with Gasteiger partial charge in [-0.15, -0.1) is 0 Å². The molecule has 1 fully saturated rings. The van der Waals surface area contributed by atoms with E-state index in [2.05, 4.69) is 15.0 Å². The van der Waals surface area contributed by atoms with Gasteiger partial charge in [0, 0.05) is 39.0 Å². The first-order valence-electron chi connectivity index (χ1n) is 8.80. The Morgan fingerprint density at radius 3 is 2.76 bits per heavy atom. The van der Waals surface area contributed by atoms with Crippen molar-refractivity contribution >= 4 is 5.91 Å². The van der Waals surface area contributed by atoms with Gasteiger partial charge in [0.1, 0.15) is 5.75 Å². The van der Waals surface area contributed by atoms with Crippen LogP contribution in [0.1, 0.15) is 24.2 Å². The van der Waals surface area contributed by atoms with E-state index in [-0.39, 0.29) is 12.0 Å². The number of fused-ring (bicyclic) bond motifs is 1. The van der Waals surface area contributed by atoms with Crippen LogP contribution in [-0.2, 0) is 24.2 Å². The SMILES string of the molecule is CCc1nc(CN2CCN(C(=O)[C@@H]3Cc4ccccc4O3)CC2)no1. The fourth-order valence-electron chi connectivity index (χ4n) is 3.35. The quantitative estimate of drug-likeness (QED) is 0.833. The number of carbonyl (C=O) groups is 1. The van der Waals surface area contributed by atoms with Gasteiger partial charge in [0.15, 0.2) is 11.9 Å². The number of amides is 1. The molecule has 0 saturated carbocycles. The first kappa shape index (κ1) is 16.1. The van der Waals surface area contributed by atoms with E-state index in [1.807, 2.05) is 36.1 Å². The summed E-state index contributed by atoms with van der Waals surface area (Å²) in [7, 11) is 0. The summed E-state index contributed by atoms with van der Waals surface area (Å²) in [6.45, 7) is 5.67. The molecule has 1 amide bonds. The van der Waals surface area contributed by atoms with Gasteiger partial charge in [-0.3, -0.25) is 9.69 Å². The van der Waals surface area contributed by atoms with Crippen LogP contribution < -0.4 is 4.74 Å². The summed E-state index contributed by atoms with van der Waals surface area (Å²) in [5, 5.41) is 3.99. The molecule has 3 heterocycles. The zero-order valence-corrected chi connectivity index (χ0v) is 14.4. The van der Waals surface area contributed by atoms with Gasteiger partial charge in [-0.1, -0.05) is 30.3 Å². The maximum absolute atomic E-state index is 12.7. The van der Waals surface area contributed by atoms with E-state index in [9.17, 15) is 4.79 Å². The third-order valence-electron chi connectivity index (χ3n) is 4.78. The highest BCUT2D eigenvalue weighted by Gasteiger charge is 2.33. The fraction of sp³-hybridized carbons (Fsp3) is 0.500. The number of carbonyl (C=O) groups excluding carboxylic acids is 1. The van der Waals surface area contributed by atoms with Crippen molar-refractivity contribution in [1.29, 1.82) is 0 Å². The van der Waals surface area contributed by atoms with Gasteiger partial charge < -0.3 is 14.2 Å². The van der Waals surface area contributed by atoms with Crippen LogP contribution in [0.15, 0.2) is 28.8 Å². The molecule has 7 heteroatoms. The van der Waals surface area contributed by atoms with Crippen molar-refractivity contribution in [1.82, 2.24) is 19.9 Å². The molecule has 2 aliphatic heterocycles. The Hall–Kier alpha value is -2.41. The molecule has 0 bridgehead atoms. The molecule has 132 valence electrons. The summed E-state index contributed by atoms with van der Waals surface area (Å²) < 4.78 is 11.0. The zero-order chi connectivity index (χ0) is 17.2. The molecule has 0 aliphatic carbocycles. The molecule has 7 nitrogen and oxygen atoms in total. The summed E-state index contributed by atoms with van der Waals surface area (Å²) in [5.74, 6) is 2.31. The highest BCUT2D eigenvalue weighted by Crippen LogP contribution is 2.29. The number of hydrogen-bond donors (Lipinski definition) is 0. The molecule has 25 heavy (non-hydrogen) atoms. The van der Waals surface area contributed by atoms with Crippen molar-refractivity contribution in [2.24, 2.45) is 0 Å². The van der Waals surface area contributed by atoms with Gasteiger partial charge in [-0.05, 0) is 11.6 Å². The number of nitrogens with zero attached hydrogens (tertiary/aromatic N) is 4. The second kappa shape index (κ2) is 6.84. The molecule has 0 spiro atoms. The number of para-hydroxylation sites is 1. The number of aryl methyl sites for hydroxylation is 1. The number of aromatic nitrogens is 2. The Labute approximate surface area is 146 Å². The van der Waals surface area contributed by atoms with Gasteiger partial charge >= 0.3 is 0 Å². The van der Waals surface area contributed by atoms with Crippen LogP contribution >= 0.6 is 0 Å². The molecule has 4 rings (SSSR count). The molecule has 1 aromatic carbocycles. The van der Waals surface area contributed by atoms with Crippen LogP contribution in [0.3, 0.4) is 0 Å². The number of hydrogen-bond acceptors (Lipinski definition) is 6. The van der Waals surface area contributed by atoms with E-state index < -0.39 is 0 Å². The van der Waals surface area contributed by atoms with Gasteiger partial charge in [-0.2, -0.15) is 4.98 Å². The number of benzene rings is 1. The van der Waals surface area contributed by atoms with E-state index in [4.69, 9.17) is 9.26 Å². The Balaban J connectivity index is 1.29. The highest BCUT2D eigenvalue weighted by atomic mass is 16.5. The van der Waals surface area contributed by atoms with Gasteiger partial charge in [-0.25, -0.2) is 0 Å². The third-order valence-corrected chi connectivity index (χ3v) is 4.78. The minimum atomic E-state index is -0.381. The Morgan fingerprint density at radius 1 is 1.24 bits per heavy atom. The minimum Gasteiger partial charge on any atom is -0.480 e. The van der Waals surface area contributed by atoms with E-state index >= 15 is 0 Å². The van der Waals surface area contributed by atoms with Crippen LogP contribution in [0.5, 0.6) is 5.75 Å². The largest absolute Gasteiger partial charge is 0.480 e. The highest BCUT2D eigenvalue weighted by molar-refractivity contribution is 5.82. The van der Waals surface area contributed by atoms with Crippen LogP contribution in [0.25, 0.3) is 0 Å². The molecule has 0 unspecified atom stereocenters. The lowest BCUT2D eigenvalue weighted by Crippen LogP contribution is -2.52. The van der Waals surface area contributed by atoms with Gasteiger partial charge in [0.25, 0.3) is 5.91 Å². The van der Waals surface area contributed by atoms with E-state index in [1.54, 1.807) is 0 Å². The lowest BCUT2D eigenvalue weighted by atomic mass is 10.1. The lowest BCUT2D eigenvalue weighted by molar-refractivity contribution is -0.139. The second-order valence-electron chi connectivity index (χ2n) is 6.48. The van der Waals surface area contributed by atoms with E-state index in [0.29, 0.717) is 37.8 Å². The number of ether oxygens (including phenoxy) is 1. The summed E-state index contributed by atoms with van der Waals surface area (Å²) in [5.41, 5.74) is 1.11. The van der Waals surface area contributed by atoms with Crippen LogP contribution in [0.2, 0.25) is 0 Å². The third kappa shape index (κ3) is 3.37. The average Bonchev–Trinajstić information content (AvgIpc) is 3.28. The minimum absolute atomic E-state index is 0.0867. The molecule has 1 saturated heterocycles. The number of rotatable bonds is 4. The average molecular weight is 342 g/mol. The second-order valence-corrected chi connectivity index (χ2v) is 6.48. The van der Waals surface area contributed by atoms with Crippen molar-refractivity contribution in [2.45, 2.75) is 32.4 Å². The van der Waals surface area contributed by atoms with Crippen molar-refractivity contribution in [3.63, 3.8) is 0 Å². The smallest absolute Gasteiger partial charge is 0.264 e. The monoisotopic (exact) mass is 342 g/mol. The molecular weight excluding hydrogens is 320 g/mol. The molecule has 2 aliphatic rings. The normalized spacial score (nSPS) is 20.4. The zero-order valence-electron chi connectivity index (χ0n) is 14.4.